The molecule has 1 aliphatic carbocycles. The van der Waals surface area contributed by atoms with E-state index in [0.717, 1.165) is 12.1 Å². The van der Waals surface area contributed by atoms with Crippen molar-refractivity contribution in [3.63, 3.8) is 0 Å². The first-order chi connectivity index (χ1) is 16.0. The molecule has 34 heavy (non-hydrogen) atoms. The molecule has 0 spiro atoms. The van der Waals surface area contributed by atoms with E-state index in [4.69, 9.17) is 58.0 Å². The van der Waals surface area contributed by atoms with Gasteiger partial charge in [0.25, 0.3) is 0 Å². The van der Waals surface area contributed by atoms with E-state index >= 15 is 0 Å². The van der Waals surface area contributed by atoms with E-state index in [1.54, 1.807) is 18.2 Å². The van der Waals surface area contributed by atoms with Gasteiger partial charge in [-0.3, -0.25) is 9.59 Å². The summed E-state index contributed by atoms with van der Waals surface area (Å²) in [5.74, 6) is -4.28. The molecule has 1 amide bonds. The van der Waals surface area contributed by atoms with Crippen LogP contribution in [0.1, 0.15) is 27.4 Å². The van der Waals surface area contributed by atoms with Gasteiger partial charge in [-0.2, -0.15) is 0 Å². The number of benzene rings is 3. The topological polar surface area (TPSA) is 46.2 Å². The number of rotatable bonds is 6. The average Bonchev–Trinajstić information content (AvgIpc) is 3.33. The summed E-state index contributed by atoms with van der Waals surface area (Å²) in [5, 5.41) is 3.62. The van der Waals surface area contributed by atoms with Crippen LogP contribution >= 0.6 is 58.0 Å². The van der Waals surface area contributed by atoms with Crippen molar-refractivity contribution in [3.05, 3.63) is 98.0 Å². The summed E-state index contributed by atoms with van der Waals surface area (Å²) >= 11 is 31.0. The number of carbonyl (C=O) groups is 2. The number of halogens is 7. The molecule has 0 aliphatic heterocycles. The Balaban J connectivity index is 1.51. The monoisotopic (exact) mass is 561 g/mol. The summed E-state index contributed by atoms with van der Waals surface area (Å²) in [6.45, 7) is 0. The van der Waals surface area contributed by atoms with Crippen molar-refractivity contribution in [2.75, 3.05) is 5.32 Å². The van der Waals surface area contributed by atoms with Crippen molar-refractivity contribution < 1.29 is 18.4 Å². The molecule has 1 saturated carbocycles. The van der Waals surface area contributed by atoms with Crippen LogP contribution in [0.15, 0.2) is 54.6 Å². The SMILES string of the molecule is O=C(Cc1ccc(F)c(F)c1)c1cc(NC(=O)C2C(c3cc(Cl)cc(Cl)c3)C2(Cl)Cl)ccc1Cl. The van der Waals surface area contributed by atoms with Gasteiger partial charge in [-0.15, -0.1) is 23.2 Å². The molecule has 3 aromatic rings. The highest BCUT2D eigenvalue weighted by atomic mass is 35.5. The second-order valence-electron chi connectivity index (χ2n) is 7.86. The van der Waals surface area contributed by atoms with Crippen LogP contribution < -0.4 is 5.32 Å². The van der Waals surface area contributed by atoms with Crippen LogP contribution in [0.4, 0.5) is 14.5 Å². The molecule has 3 nitrogen and oxygen atoms in total. The number of alkyl halides is 2. The Hall–Kier alpha value is -1.89. The molecule has 2 unspecified atom stereocenters. The Morgan fingerprint density at radius 1 is 0.882 bits per heavy atom. The number of amides is 1. The third kappa shape index (κ3) is 5.19. The van der Waals surface area contributed by atoms with Gasteiger partial charge in [0.2, 0.25) is 5.91 Å². The Morgan fingerprint density at radius 3 is 2.21 bits per heavy atom. The quantitative estimate of drug-likeness (QED) is 0.245. The summed E-state index contributed by atoms with van der Waals surface area (Å²) in [7, 11) is 0. The molecule has 1 N–H and O–H groups in total. The summed E-state index contributed by atoms with van der Waals surface area (Å²) in [6, 6.07) is 12.4. The summed E-state index contributed by atoms with van der Waals surface area (Å²) in [6.07, 6.45) is -0.207. The zero-order valence-electron chi connectivity index (χ0n) is 17.0. The van der Waals surface area contributed by atoms with E-state index in [0.29, 0.717) is 21.3 Å². The highest BCUT2D eigenvalue weighted by Gasteiger charge is 2.67. The maximum absolute atomic E-state index is 13.5. The van der Waals surface area contributed by atoms with Crippen molar-refractivity contribution in [2.24, 2.45) is 5.92 Å². The van der Waals surface area contributed by atoms with Crippen LogP contribution in [0.5, 0.6) is 0 Å². The van der Waals surface area contributed by atoms with Crippen molar-refractivity contribution in [1.82, 2.24) is 0 Å². The molecule has 0 heterocycles. The van der Waals surface area contributed by atoms with Crippen molar-refractivity contribution in [2.45, 2.75) is 16.7 Å². The Morgan fingerprint density at radius 2 is 1.56 bits per heavy atom. The molecular weight excluding hydrogens is 550 g/mol. The first-order valence-corrected chi connectivity index (χ1v) is 11.8. The lowest BCUT2D eigenvalue weighted by molar-refractivity contribution is -0.117. The van der Waals surface area contributed by atoms with Crippen LogP contribution in [-0.2, 0) is 11.2 Å². The van der Waals surface area contributed by atoms with Gasteiger partial charge < -0.3 is 5.32 Å². The number of carbonyl (C=O) groups excluding carboxylic acids is 2. The van der Waals surface area contributed by atoms with Gasteiger partial charge in [0.05, 0.1) is 10.9 Å². The molecule has 0 bridgehead atoms. The summed E-state index contributed by atoms with van der Waals surface area (Å²) in [4.78, 5) is 25.7. The molecule has 176 valence electrons. The third-order valence-corrected chi connectivity index (χ3v) is 7.17. The number of anilines is 1. The zero-order chi connectivity index (χ0) is 24.8. The van der Waals surface area contributed by atoms with Gasteiger partial charge in [0, 0.05) is 33.6 Å². The number of nitrogens with one attached hydrogen (secondary N) is 1. The fourth-order valence-electron chi connectivity index (χ4n) is 3.79. The zero-order valence-corrected chi connectivity index (χ0v) is 20.8. The Bertz CT molecular complexity index is 1290. The normalized spacial score (nSPS) is 18.4. The van der Waals surface area contributed by atoms with Crippen LogP contribution in [0.25, 0.3) is 0 Å². The van der Waals surface area contributed by atoms with E-state index in [2.05, 4.69) is 5.32 Å². The Kier molecular flexibility index (Phi) is 7.14. The van der Waals surface area contributed by atoms with Gasteiger partial charge in [-0.1, -0.05) is 40.9 Å². The molecule has 0 radical (unpaired) electrons. The van der Waals surface area contributed by atoms with Gasteiger partial charge in [0.15, 0.2) is 17.4 Å². The van der Waals surface area contributed by atoms with Gasteiger partial charge in [-0.25, -0.2) is 8.78 Å². The highest BCUT2D eigenvalue weighted by molar-refractivity contribution is 6.53. The van der Waals surface area contributed by atoms with Crippen molar-refractivity contribution in [3.8, 4) is 0 Å². The van der Waals surface area contributed by atoms with Gasteiger partial charge >= 0.3 is 0 Å². The molecule has 1 aliphatic rings. The van der Waals surface area contributed by atoms with E-state index in [-0.39, 0.29) is 22.6 Å². The van der Waals surface area contributed by atoms with Gasteiger partial charge in [-0.05, 0) is 59.7 Å². The predicted molar refractivity (Wildman–Crippen MR) is 132 cm³/mol. The first-order valence-electron chi connectivity index (χ1n) is 9.88. The lowest BCUT2D eigenvalue weighted by Gasteiger charge is -2.09. The minimum atomic E-state index is -1.37. The Labute approximate surface area is 218 Å². The molecule has 3 aromatic carbocycles. The number of Topliss-reactive ketones (excluding diaryl/α,β-unsaturated/α-hetero) is 1. The van der Waals surface area contributed by atoms with Crippen molar-refractivity contribution in [1.29, 1.82) is 0 Å². The lowest BCUT2D eigenvalue weighted by Crippen LogP contribution is -2.17. The largest absolute Gasteiger partial charge is 0.326 e. The number of hydrogen-bond acceptors (Lipinski definition) is 2. The second-order valence-corrected chi connectivity index (χ2v) is 10.6. The summed E-state index contributed by atoms with van der Waals surface area (Å²) in [5.41, 5.74) is 1.31. The average molecular weight is 564 g/mol. The van der Waals surface area contributed by atoms with Crippen LogP contribution in [-0.4, -0.2) is 16.0 Å². The smallest absolute Gasteiger partial charge is 0.231 e. The summed E-state index contributed by atoms with van der Waals surface area (Å²) < 4.78 is 25.2. The number of ketones is 1. The maximum atomic E-state index is 13.5. The second kappa shape index (κ2) is 9.63. The van der Waals surface area contributed by atoms with Crippen LogP contribution in [0.3, 0.4) is 0 Å². The fourth-order valence-corrected chi connectivity index (χ4v) is 5.38. The fraction of sp³-hybridized carbons (Fsp3) is 0.167. The van der Waals surface area contributed by atoms with Gasteiger partial charge in [0.1, 0.15) is 4.33 Å². The van der Waals surface area contributed by atoms with E-state index < -0.39 is 39.5 Å². The number of hydrogen-bond donors (Lipinski definition) is 1. The van der Waals surface area contributed by atoms with E-state index in [9.17, 15) is 18.4 Å². The minimum absolute atomic E-state index is 0.112. The first kappa shape index (κ1) is 25.2. The highest BCUT2D eigenvalue weighted by Crippen LogP contribution is 2.65. The van der Waals surface area contributed by atoms with E-state index in [1.807, 2.05) is 0 Å². The standard InChI is InChI=1S/C24H14Cl5F2NO2/c25-13-7-12(8-14(26)9-13)21-22(24(21,28)29)23(34)32-15-2-3-17(27)16(10-15)20(33)6-11-1-4-18(30)19(31)5-11/h1-5,7-10,21-22H,6H2,(H,32,34). The lowest BCUT2D eigenvalue weighted by atomic mass is 10.0. The van der Waals surface area contributed by atoms with E-state index in [1.165, 1.54) is 24.3 Å². The molecule has 2 atom stereocenters. The molecule has 1 fully saturated rings. The predicted octanol–water partition coefficient (Wildman–Crippen LogP) is 7.88. The molecule has 10 heteroatoms. The molecule has 4 rings (SSSR count). The van der Waals surface area contributed by atoms with Crippen molar-refractivity contribution >= 4 is 75.4 Å². The van der Waals surface area contributed by atoms with Crippen LogP contribution in [0.2, 0.25) is 15.1 Å². The third-order valence-electron chi connectivity index (χ3n) is 5.46. The minimum Gasteiger partial charge on any atom is -0.326 e. The molecule has 0 saturated heterocycles. The maximum Gasteiger partial charge on any atom is 0.231 e. The molecular formula is C24H14Cl5F2NO2. The molecule has 0 aromatic heterocycles. The van der Waals surface area contributed by atoms with Crippen LogP contribution in [0, 0.1) is 17.6 Å².